The number of piperidine rings is 1. The molecule has 1 fully saturated rings. The Balaban J connectivity index is 1.87. The lowest BCUT2D eigenvalue weighted by Crippen LogP contribution is -2.47. The first-order chi connectivity index (χ1) is 19.4. The van der Waals surface area contributed by atoms with Gasteiger partial charge in [0.15, 0.2) is 5.75 Å². The number of hydrogen-bond acceptors (Lipinski definition) is 7. The Morgan fingerprint density at radius 2 is 1.90 bits per heavy atom. The number of nitrogens with zero attached hydrogens (tertiary/aromatic N) is 3. The van der Waals surface area contributed by atoms with Gasteiger partial charge in [0, 0.05) is 50.1 Å². The first-order valence-corrected chi connectivity index (χ1v) is 13.5. The maximum absolute atomic E-state index is 15.0. The molecule has 2 aromatic heterocycles. The Labute approximate surface area is 236 Å². The highest BCUT2D eigenvalue weighted by Crippen LogP contribution is 2.38. The van der Waals surface area contributed by atoms with Crippen LogP contribution < -0.4 is 20.9 Å². The van der Waals surface area contributed by atoms with Crippen molar-refractivity contribution in [3.05, 3.63) is 62.8 Å². The molecule has 1 saturated heterocycles. The second kappa shape index (κ2) is 12.1. The number of likely N-dealkylation sites (N-methyl/N-ethyl adjacent to an activating group) is 1. The molecule has 0 saturated carbocycles. The van der Waals surface area contributed by atoms with E-state index in [4.69, 9.17) is 4.74 Å². The van der Waals surface area contributed by atoms with Gasteiger partial charge in [-0.25, -0.2) is 18.2 Å². The van der Waals surface area contributed by atoms with Gasteiger partial charge >= 0.3 is 0 Å². The van der Waals surface area contributed by atoms with Crippen molar-refractivity contribution in [2.45, 2.75) is 51.7 Å². The number of ether oxygens (including phenoxy) is 1. The van der Waals surface area contributed by atoms with E-state index < -0.39 is 35.0 Å². The van der Waals surface area contributed by atoms with E-state index in [1.807, 2.05) is 0 Å². The second-order valence-electron chi connectivity index (χ2n) is 10.5. The van der Waals surface area contributed by atoms with Crippen LogP contribution in [0.15, 0.2) is 29.1 Å². The molecule has 1 aliphatic heterocycles. The number of carbonyl (C=O) groups excluding carboxylic acids is 1. The molecule has 0 radical (unpaired) electrons. The van der Waals surface area contributed by atoms with Gasteiger partial charge in [-0.2, -0.15) is 0 Å². The lowest BCUT2D eigenvalue weighted by Gasteiger charge is -2.38. The highest BCUT2D eigenvalue weighted by molar-refractivity contribution is 5.95. The molecule has 222 valence electrons. The van der Waals surface area contributed by atoms with Gasteiger partial charge in [-0.1, -0.05) is 18.2 Å². The fourth-order valence-corrected chi connectivity index (χ4v) is 5.33. The third-order valence-corrected chi connectivity index (χ3v) is 7.74. The van der Waals surface area contributed by atoms with Crippen molar-refractivity contribution >= 4 is 22.6 Å². The van der Waals surface area contributed by atoms with Crippen LogP contribution in [0, 0.1) is 12.7 Å². The van der Waals surface area contributed by atoms with E-state index in [0.717, 1.165) is 6.07 Å². The molecule has 1 amide bonds. The van der Waals surface area contributed by atoms with Crippen molar-refractivity contribution in [1.82, 2.24) is 19.8 Å². The second-order valence-corrected chi connectivity index (χ2v) is 10.5. The summed E-state index contributed by atoms with van der Waals surface area (Å²) in [5, 5.41) is 18.2. The number of aromatic nitrogens is 2. The van der Waals surface area contributed by atoms with Crippen LogP contribution in [0.5, 0.6) is 5.75 Å². The number of anilines is 1. The van der Waals surface area contributed by atoms with E-state index in [1.54, 1.807) is 38.9 Å². The van der Waals surface area contributed by atoms with Crippen LogP contribution in [0.4, 0.5) is 19.0 Å². The summed E-state index contributed by atoms with van der Waals surface area (Å²) in [6.07, 6.45) is -2.63. The SMILES string of the molecule is CNCCOc1c(C)nc(N[C@H](C)c2cccc(C(F)F)c2F)c2cc(C3(O)CCN(C(C)=O)CC3)c(=O)n(C)c12. The number of pyridine rings is 2. The monoisotopic (exact) mass is 575 g/mol. The molecule has 41 heavy (non-hydrogen) atoms. The highest BCUT2D eigenvalue weighted by atomic mass is 19.3. The Hall–Kier alpha value is -3.64. The predicted octanol–water partition coefficient (Wildman–Crippen LogP) is 3.92. The molecule has 0 unspecified atom stereocenters. The fraction of sp³-hybridized carbons (Fsp3) is 0.483. The summed E-state index contributed by atoms with van der Waals surface area (Å²) in [7, 11) is 3.36. The van der Waals surface area contributed by atoms with Crippen LogP contribution >= 0.6 is 0 Å². The minimum atomic E-state index is -2.97. The topological polar surface area (TPSA) is 109 Å². The van der Waals surface area contributed by atoms with E-state index >= 15 is 0 Å². The number of rotatable bonds is 9. The van der Waals surface area contributed by atoms with Gasteiger partial charge in [-0.15, -0.1) is 0 Å². The highest BCUT2D eigenvalue weighted by Gasteiger charge is 2.38. The van der Waals surface area contributed by atoms with Crippen LogP contribution in [0.3, 0.4) is 0 Å². The fourth-order valence-electron chi connectivity index (χ4n) is 5.33. The molecule has 1 aliphatic rings. The summed E-state index contributed by atoms with van der Waals surface area (Å²) in [5.41, 5.74) is -1.55. The van der Waals surface area contributed by atoms with Crippen LogP contribution in [-0.2, 0) is 17.4 Å². The molecule has 3 N–H and O–H groups in total. The minimum Gasteiger partial charge on any atom is -0.488 e. The van der Waals surface area contributed by atoms with Crippen molar-refractivity contribution < 1.29 is 27.8 Å². The van der Waals surface area contributed by atoms with E-state index in [0.29, 0.717) is 48.6 Å². The lowest BCUT2D eigenvalue weighted by atomic mass is 9.84. The smallest absolute Gasteiger partial charge is 0.266 e. The first-order valence-electron chi connectivity index (χ1n) is 13.5. The summed E-state index contributed by atoms with van der Waals surface area (Å²) < 4.78 is 49.2. The summed E-state index contributed by atoms with van der Waals surface area (Å²) >= 11 is 0. The molecule has 0 bridgehead atoms. The predicted molar refractivity (Wildman–Crippen MR) is 150 cm³/mol. The number of halogens is 3. The van der Waals surface area contributed by atoms with Gasteiger partial charge in [0.2, 0.25) is 5.91 Å². The number of aliphatic hydroxyl groups is 1. The van der Waals surface area contributed by atoms with E-state index in [9.17, 15) is 27.9 Å². The number of amides is 1. The van der Waals surface area contributed by atoms with Gasteiger partial charge in [-0.3, -0.25) is 9.59 Å². The molecule has 4 rings (SSSR count). The van der Waals surface area contributed by atoms with E-state index in [1.165, 1.54) is 23.6 Å². The molecule has 0 spiro atoms. The maximum atomic E-state index is 15.0. The van der Waals surface area contributed by atoms with Crippen LogP contribution in [0.2, 0.25) is 0 Å². The number of benzene rings is 1. The summed E-state index contributed by atoms with van der Waals surface area (Å²) in [6, 6.07) is 4.64. The number of fused-ring (bicyclic) bond motifs is 1. The van der Waals surface area contributed by atoms with Gasteiger partial charge in [-0.05, 0) is 39.8 Å². The average molecular weight is 576 g/mol. The van der Waals surface area contributed by atoms with Gasteiger partial charge < -0.3 is 29.9 Å². The van der Waals surface area contributed by atoms with Gasteiger partial charge in [0.05, 0.1) is 28.4 Å². The van der Waals surface area contributed by atoms with Crippen molar-refractivity contribution in [3.8, 4) is 5.75 Å². The zero-order chi connectivity index (χ0) is 30.1. The van der Waals surface area contributed by atoms with Crippen molar-refractivity contribution in [1.29, 1.82) is 0 Å². The average Bonchev–Trinajstić information content (AvgIpc) is 2.92. The molecule has 1 atom stereocenters. The lowest BCUT2D eigenvalue weighted by molar-refractivity contribution is -0.133. The van der Waals surface area contributed by atoms with Gasteiger partial charge in [0.25, 0.3) is 12.0 Å². The number of carbonyl (C=O) groups is 1. The Morgan fingerprint density at radius 3 is 2.51 bits per heavy atom. The number of aryl methyl sites for hydroxylation is 2. The van der Waals surface area contributed by atoms with E-state index in [-0.39, 0.29) is 35.7 Å². The number of nitrogens with one attached hydrogen (secondary N) is 2. The molecular weight excluding hydrogens is 539 g/mol. The third-order valence-electron chi connectivity index (χ3n) is 7.74. The largest absolute Gasteiger partial charge is 0.488 e. The number of likely N-dealkylation sites (tertiary alicyclic amines) is 1. The summed E-state index contributed by atoms with van der Waals surface area (Å²) in [5.74, 6) is -0.460. The number of alkyl halides is 2. The van der Waals surface area contributed by atoms with E-state index in [2.05, 4.69) is 15.6 Å². The summed E-state index contributed by atoms with van der Waals surface area (Å²) in [4.78, 5) is 31.8. The zero-order valence-electron chi connectivity index (χ0n) is 23.9. The standard InChI is InChI=1S/C29H36F3N5O4/c1-16(19-7-6-8-20(23(19)30)26(31)32)34-27-21-15-22(29(40)9-12-37(13-10-29)18(3)38)28(39)36(5)24(21)25(17(2)35-27)41-14-11-33-4/h6-8,15-16,26,33,40H,9-14H2,1-5H3,(H,34,35)/t16-/m1/s1. The molecule has 9 nitrogen and oxygen atoms in total. The third kappa shape index (κ3) is 5.89. The Bertz CT molecular complexity index is 1500. The van der Waals surface area contributed by atoms with Crippen molar-refractivity contribution in [3.63, 3.8) is 0 Å². The Kier molecular flexibility index (Phi) is 8.93. The molecule has 3 heterocycles. The van der Waals surface area contributed by atoms with Crippen molar-refractivity contribution in [2.24, 2.45) is 7.05 Å². The number of hydrogen-bond donors (Lipinski definition) is 3. The minimum absolute atomic E-state index is 0.0324. The molecular formula is C29H36F3N5O4. The Morgan fingerprint density at radius 1 is 1.24 bits per heavy atom. The van der Waals surface area contributed by atoms with Gasteiger partial charge in [0.1, 0.15) is 18.2 Å². The summed E-state index contributed by atoms with van der Waals surface area (Å²) in [6.45, 7) is 6.22. The first kappa shape index (κ1) is 30.3. The van der Waals surface area contributed by atoms with Crippen LogP contribution in [0.25, 0.3) is 10.9 Å². The zero-order valence-corrected chi connectivity index (χ0v) is 23.9. The maximum Gasteiger partial charge on any atom is 0.266 e. The van der Waals surface area contributed by atoms with Crippen molar-refractivity contribution in [2.75, 3.05) is 38.6 Å². The van der Waals surface area contributed by atoms with Crippen LogP contribution in [0.1, 0.15) is 61.5 Å². The molecule has 12 heteroatoms. The quantitative estimate of drug-likeness (QED) is 0.332. The van der Waals surface area contributed by atoms with Crippen LogP contribution in [-0.4, -0.2) is 58.8 Å². The molecule has 0 aliphatic carbocycles. The molecule has 3 aromatic rings. The molecule has 1 aromatic carbocycles. The normalized spacial score (nSPS) is 15.8.